The second kappa shape index (κ2) is 4.62. The van der Waals surface area contributed by atoms with Crippen LogP contribution in [0.5, 0.6) is 0 Å². The van der Waals surface area contributed by atoms with Crippen molar-refractivity contribution in [2.24, 2.45) is 11.1 Å². The highest BCUT2D eigenvalue weighted by molar-refractivity contribution is 5.90. The van der Waals surface area contributed by atoms with Gasteiger partial charge in [-0.25, -0.2) is 4.79 Å². The molecule has 2 atom stereocenters. The first-order chi connectivity index (χ1) is 7.67. The van der Waals surface area contributed by atoms with Gasteiger partial charge in [0.25, 0.3) is 0 Å². The Balaban J connectivity index is 2.75. The lowest BCUT2D eigenvalue weighted by Gasteiger charge is -2.31. The molecule has 1 fully saturated rings. The Hall–Kier alpha value is -1.14. The Morgan fingerprint density at radius 3 is 2.41 bits per heavy atom. The van der Waals surface area contributed by atoms with Gasteiger partial charge >= 0.3 is 5.97 Å². The first-order valence-corrected chi connectivity index (χ1v) is 5.57. The van der Waals surface area contributed by atoms with E-state index in [0.717, 1.165) is 0 Å². The van der Waals surface area contributed by atoms with Crippen LogP contribution >= 0.6 is 0 Å². The average Bonchev–Trinajstić information content (AvgIpc) is 2.60. The van der Waals surface area contributed by atoms with E-state index in [-0.39, 0.29) is 6.61 Å². The fourth-order valence-corrected chi connectivity index (χ4v) is 1.68. The number of aliphatic carboxylic acids is 1. The number of hydrogen-bond acceptors (Lipinski definition) is 4. The molecule has 6 heteroatoms. The molecule has 0 aromatic carbocycles. The summed E-state index contributed by atoms with van der Waals surface area (Å²) in [6, 6.07) is -0.962. The van der Waals surface area contributed by atoms with Crippen LogP contribution in [-0.4, -0.2) is 41.8 Å². The summed E-state index contributed by atoms with van der Waals surface area (Å²) >= 11 is 0. The van der Waals surface area contributed by atoms with E-state index in [0.29, 0.717) is 13.0 Å². The monoisotopic (exact) mass is 244 g/mol. The van der Waals surface area contributed by atoms with Gasteiger partial charge in [-0.3, -0.25) is 4.79 Å². The number of nitrogens with two attached hydrogens (primary N) is 1. The van der Waals surface area contributed by atoms with E-state index in [1.54, 1.807) is 20.8 Å². The van der Waals surface area contributed by atoms with Crippen LogP contribution in [0.2, 0.25) is 0 Å². The Kier molecular flexibility index (Phi) is 3.78. The maximum atomic E-state index is 11.9. The predicted molar refractivity (Wildman–Crippen MR) is 61.4 cm³/mol. The lowest BCUT2D eigenvalue weighted by molar-refractivity contribution is -0.145. The minimum atomic E-state index is -1.10. The number of carboxylic acid groups (broad SMARTS) is 1. The maximum absolute atomic E-state index is 11.9. The molecule has 1 aliphatic heterocycles. The van der Waals surface area contributed by atoms with E-state index < -0.39 is 28.9 Å². The zero-order chi connectivity index (χ0) is 13.3. The molecule has 0 spiro atoms. The lowest BCUT2D eigenvalue weighted by Crippen LogP contribution is -2.60. The molecular weight excluding hydrogens is 224 g/mol. The lowest BCUT2D eigenvalue weighted by atomic mass is 9.86. The van der Waals surface area contributed by atoms with E-state index in [2.05, 4.69) is 5.32 Å². The molecule has 0 bridgehead atoms. The van der Waals surface area contributed by atoms with Crippen LogP contribution in [0.3, 0.4) is 0 Å². The zero-order valence-electron chi connectivity index (χ0n) is 10.4. The van der Waals surface area contributed by atoms with Crippen molar-refractivity contribution < 1.29 is 19.4 Å². The highest BCUT2D eigenvalue weighted by atomic mass is 16.5. The molecule has 1 amide bonds. The Bertz CT molecular complexity index is 316. The average molecular weight is 244 g/mol. The van der Waals surface area contributed by atoms with Crippen LogP contribution < -0.4 is 11.1 Å². The summed E-state index contributed by atoms with van der Waals surface area (Å²) in [5, 5.41) is 11.6. The Labute approximate surface area is 101 Å². The Morgan fingerprint density at radius 1 is 1.47 bits per heavy atom. The molecule has 0 aliphatic carbocycles. The number of rotatable bonds is 3. The van der Waals surface area contributed by atoms with Crippen molar-refractivity contribution in [2.75, 3.05) is 13.2 Å². The van der Waals surface area contributed by atoms with Crippen LogP contribution in [0.1, 0.15) is 27.2 Å². The largest absolute Gasteiger partial charge is 0.480 e. The SMILES string of the molecule is CC(C)(C)[C@@H](NC(=O)C1(N)CCOC1)C(=O)O. The second-order valence-corrected chi connectivity index (χ2v) is 5.57. The molecule has 0 aromatic rings. The number of amides is 1. The zero-order valence-corrected chi connectivity index (χ0v) is 10.4. The van der Waals surface area contributed by atoms with Crippen molar-refractivity contribution in [3.8, 4) is 0 Å². The fraction of sp³-hybridized carbons (Fsp3) is 0.818. The summed E-state index contributed by atoms with van der Waals surface area (Å²) < 4.78 is 5.08. The number of hydrogen-bond donors (Lipinski definition) is 3. The van der Waals surface area contributed by atoms with Gasteiger partial charge < -0.3 is 20.9 Å². The molecule has 4 N–H and O–H groups in total. The van der Waals surface area contributed by atoms with Gasteiger partial charge in [-0.05, 0) is 11.8 Å². The van der Waals surface area contributed by atoms with Gasteiger partial charge in [0.1, 0.15) is 11.6 Å². The van der Waals surface area contributed by atoms with Crippen LogP contribution in [0.15, 0.2) is 0 Å². The molecule has 6 nitrogen and oxygen atoms in total. The van der Waals surface area contributed by atoms with Gasteiger partial charge in [0.15, 0.2) is 0 Å². The van der Waals surface area contributed by atoms with Gasteiger partial charge in [-0.2, -0.15) is 0 Å². The predicted octanol–water partition coefficient (Wildman–Crippen LogP) is -0.280. The summed E-state index contributed by atoms with van der Waals surface area (Å²) in [6.45, 7) is 5.81. The summed E-state index contributed by atoms with van der Waals surface area (Å²) in [7, 11) is 0. The molecule has 0 saturated carbocycles. The molecule has 0 radical (unpaired) electrons. The number of carbonyl (C=O) groups excluding carboxylic acids is 1. The highest BCUT2D eigenvalue weighted by Crippen LogP contribution is 2.22. The van der Waals surface area contributed by atoms with E-state index >= 15 is 0 Å². The fourth-order valence-electron chi connectivity index (χ4n) is 1.68. The molecule has 0 aromatic heterocycles. The molecule has 1 saturated heterocycles. The smallest absolute Gasteiger partial charge is 0.326 e. The van der Waals surface area contributed by atoms with E-state index in [1.807, 2.05) is 0 Å². The van der Waals surface area contributed by atoms with Crippen LogP contribution in [0, 0.1) is 5.41 Å². The normalized spacial score (nSPS) is 26.6. The summed E-state index contributed by atoms with van der Waals surface area (Å²) in [5.41, 5.74) is 4.19. The third kappa shape index (κ3) is 3.17. The maximum Gasteiger partial charge on any atom is 0.326 e. The molecule has 1 aliphatic rings. The third-order valence-electron chi connectivity index (χ3n) is 2.89. The van der Waals surface area contributed by atoms with Gasteiger partial charge in [0.05, 0.1) is 6.61 Å². The first kappa shape index (κ1) is 13.9. The van der Waals surface area contributed by atoms with Crippen molar-refractivity contribution in [1.29, 1.82) is 0 Å². The minimum absolute atomic E-state index is 0.134. The third-order valence-corrected chi connectivity index (χ3v) is 2.89. The summed E-state index contributed by atoms with van der Waals surface area (Å²) in [5.74, 6) is -1.52. The molecule has 1 heterocycles. The first-order valence-electron chi connectivity index (χ1n) is 5.57. The molecule has 1 rings (SSSR count). The van der Waals surface area contributed by atoms with Gasteiger partial charge in [0, 0.05) is 6.61 Å². The number of nitrogens with one attached hydrogen (secondary N) is 1. The molecule has 1 unspecified atom stereocenters. The summed E-state index contributed by atoms with van der Waals surface area (Å²) in [6.07, 6.45) is 0.412. The standard InChI is InChI=1S/C11H20N2O4/c1-10(2,3)7(8(14)15)13-9(16)11(12)4-5-17-6-11/h7H,4-6,12H2,1-3H3,(H,13,16)(H,14,15)/t7-,11?/m0/s1. The van der Waals surface area contributed by atoms with Gasteiger partial charge in [0.2, 0.25) is 5.91 Å². The molecular formula is C11H20N2O4. The van der Waals surface area contributed by atoms with Crippen molar-refractivity contribution in [3.05, 3.63) is 0 Å². The van der Waals surface area contributed by atoms with Crippen molar-refractivity contribution in [2.45, 2.75) is 38.8 Å². The van der Waals surface area contributed by atoms with E-state index in [9.17, 15) is 9.59 Å². The number of ether oxygens (including phenoxy) is 1. The van der Waals surface area contributed by atoms with Crippen LogP contribution in [0.25, 0.3) is 0 Å². The summed E-state index contributed by atoms with van der Waals surface area (Å²) in [4.78, 5) is 23.1. The van der Waals surface area contributed by atoms with Crippen molar-refractivity contribution in [1.82, 2.24) is 5.32 Å². The highest BCUT2D eigenvalue weighted by Gasteiger charge is 2.42. The molecule has 17 heavy (non-hydrogen) atoms. The van der Waals surface area contributed by atoms with Gasteiger partial charge in [-0.1, -0.05) is 20.8 Å². The Morgan fingerprint density at radius 2 is 2.06 bits per heavy atom. The van der Waals surface area contributed by atoms with Gasteiger partial charge in [-0.15, -0.1) is 0 Å². The van der Waals surface area contributed by atoms with Crippen molar-refractivity contribution in [3.63, 3.8) is 0 Å². The number of carboxylic acids is 1. The minimum Gasteiger partial charge on any atom is -0.480 e. The topological polar surface area (TPSA) is 102 Å². The second-order valence-electron chi connectivity index (χ2n) is 5.57. The quantitative estimate of drug-likeness (QED) is 0.633. The van der Waals surface area contributed by atoms with Crippen molar-refractivity contribution >= 4 is 11.9 Å². The van der Waals surface area contributed by atoms with Crippen LogP contribution in [-0.2, 0) is 14.3 Å². The van der Waals surface area contributed by atoms with Crippen LogP contribution in [0.4, 0.5) is 0 Å². The number of carbonyl (C=O) groups is 2. The molecule has 98 valence electrons. The van der Waals surface area contributed by atoms with E-state index in [4.69, 9.17) is 15.6 Å². The van der Waals surface area contributed by atoms with E-state index in [1.165, 1.54) is 0 Å².